The predicted octanol–water partition coefficient (Wildman–Crippen LogP) is 3.54. The molecule has 1 aromatic rings. The number of piperidine rings is 2. The highest BCUT2D eigenvalue weighted by atomic mass is 32.1. The lowest BCUT2D eigenvalue weighted by Crippen LogP contribution is -2.39. The van der Waals surface area contributed by atoms with Crippen molar-refractivity contribution in [1.29, 1.82) is 0 Å². The lowest BCUT2D eigenvalue weighted by atomic mass is 9.99. The highest BCUT2D eigenvalue weighted by molar-refractivity contribution is 7.80. The van der Waals surface area contributed by atoms with Gasteiger partial charge in [0.1, 0.15) is 11.6 Å². The first-order valence-corrected chi connectivity index (χ1v) is 11.0. The van der Waals surface area contributed by atoms with Gasteiger partial charge in [0.25, 0.3) is 0 Å². The lowest BCUT2D eigenvalue weighted by molar-refractivity contribution is 0.436. The third-order valence-corrected chi connectivity index (χ3v) is 6.26. The summed E-state index contributed by atoms with van der Waals surface area (Å²) in [7, 11) is 0. The van der Waals surface area contributed by atoms with Gasteiger partial charge in [0, 0.05) is 37.8 Å². The molecule has 7 heteroatoms. The summed E-state index contributed by atoms with van der Waals surface area (Å²) in [6.45, 7) is 7.84. The molecule has 2 aliphatic heterocycles. The van der Waals surface area contributed by atoms with Crippen molar-refractivity contribution in [3.8, 4) is 0 Å². The van der Waals surface area contributed by atoms with Crippen molar-refractivity contribution in [3.63, 3.8) is 0 Å². The van der Waals surface area contributed by atoms with Crippen LogP contribution >= 0.6 is 12.2 Å². The molecule has 3 heterocycles. The minimum atomic E-state index is 0.521. The second kappa shape index (κ2) is 8.17. The van der Waals surface area contributed by atoms with Gasteiger partial charge in [-0.25, -0.2) is 0 Å². The van der Waals surface area contributed by atoms with Gasteiger partial charge < -0.3 is 20.4 Å². The topological polar surface area (TPSA) is 56.3 Å². The van der Waals surface area contributed by atoms with E-state index in [-0.39, 0.29) is 0 Å². The molecule has 0 unspecified atom stereocenters. The maximum Gasteiger partial charge on any atom is 0.232 e. The monoisotopic (exact) mass is 388 g/mol. The van der Waals surface area contributed by atoms with E-state index in [0.29, 0.717) is 23.1 Å². The second-order valence-electron chi connectivity index (χ2n) is 8.49. The molecule has 0 aromatic carbocycles. The average molecular weight is 389 g/mol. The minimum Gasteiger partial charge on any atom is -0.360 e. The Morgan fingerprint density at radius 2 is 1.74 bits per heavy atom. The first kappa shape index (κ1) is 18.7. The van der Waals surface area contributed by atoms with Crippen LogP contribution in [0.4, 0.5) is 17.6 Å². The zero-order chi connectivity index (χ0) is 18.8. The van der Waals surface area contributed by atoms with Crippen LogP contribution in [0.3, 0.4) is 0 Å². The Bertz CT molecular complexity index is 668. The van der Waals surface area contributed by atoms with Gasteiger partial charge in [-0.05, 0) is 70.0 Å². The van der Waals surface area contributed by atoms with Gasteiger partial charge in [0.2, 0.25) is 5.95 Å². The Labute approximate surface area is 168 Å². The Hall–Kier alpha value is -1.63. The normalized spacial score (nSPS) is 24.0. The van der Waals surface area contributed by atoms with Gasteiger partial charge in [0.05, 0.1) is 0 Å². The molecule has 27 heavy (non-hydrogen) atoms. The summed E-state index contributed by atoms with van der Waals surface area (Å²) in [6, 6.07) is 3.23. The van der Waals surface area contributed by atoms with Crippen LogP contribution in [0.2, 0.25) is 0 Å². The number of aromatic nitrogens is 2. The summed E-state index contributed by atoms with van der Waals surface area (Å²) in [4.78, 5) is 14.5. The Morgan fingerprint density at radius 1 is 1.00 bits per heavy atom. The van der Waals surface area contributed by atoms with Crippen molar-refractivity contribution in [2.75, 3.05) is 34.8 Å². The van der Waals surface area contributed by atoms with E-state index in [1.807, 2.05) is 0 Å². The van der Waals surface area contributed by atoms with Gasteiger partial charge in [-0.3, -0.25) is 0 Å². The molecule has 2 saturated heterocycles. The molecule has 0 bridgehead atoms. The fourth-order valence-corrected chi connectivity index (χ4v) is 4.27. The van der Waals surface area contributed by atoms with E-state index < -0.39 is 0 Å². The van der Waals surface area contributed by atoms with Crippen molar-refractivity contribution < 1.29 is 0 Å². The molecule has 1 aliphatic carbocycles. The van der Waals surface area contributed by atoms with Gasteiger partial charge >= 0.3 is 0 Å². The molecule has 148 valence electrons. The van der Waals surface area contributed by atoms with Crippen molar-refractivity contribution in [2.45, 2.75) is 70.9 Å². The molecule has 4 rings (SSSR count). The van der Waals surface area contributed by atoms with Gasteiger partial charge in [-0.2, -0.15) is 9.97 Å². The third-order valence-electron chi connectivity index (χ3n) is 6.04. The molecule has 6 nitrogen and oxygen atoms in total. The number of nitrogens with one attached hydrogen (secondary N) is 2. The van der Waals surface area contributed by atoms with Gasteiger partial charge in [0.15, 0.2) is 5.11 Å². The fourth-order valence-electron chi connectivity index (χ4n) is 4.01. The van der Waals surface area contributed by atoms with E-state index in [0.717, 1.165) is 37.2 Å². The Kier molecular flexibility index (Phi) is 5.66. The molecule has 2 N–H and O–H groups in total. The highest BCUT2D eigenvalue weighted by Crippen LogP contribution is 2.29. The van der Waals surface area contributed by atoms with E-state index in [4.69, 9.17) is 22.2 Å². The van der Waals surface area contributed by atoms with E-state index in [2.05, 4.69) is 40.3 Å². The van der Waals surface area contributed by atoms with Crippen LogP contribution in [-0.4, -0.2) is 46.8 Å². The smallest absolute Gasteiger partial charge is 0.232 e. The fraction of sp³-hybridized carbons (Fsp3) is 0.750. The number of hydrogen-bond donors (Lipinski definition) is 2. The zero-order valence-electron chi connectivity index (χ0n) is 16.6. The van der Waals surface area contributed by atoms with Crippen molar-refractivity contribution in [1.82, 2.24) is 15.3 Å². The Morgan fingerprint density at radius 3 is 2.44 bits per heavy atom. The number of thiocarbonyl (C=S) groups is 1. The van der Waals surface area contributed by atoms with Crippen LogP contribution in [0.25, 0.3) is 0 Å². The summed E-state index contributed by atoms with van der Waals surface area (Å²) < 4.78 is 0. The number of rotatable bonds is 4. The summed E-state index contributed by atoms with van der Waals surface area (Å²) in [5.41, 5.74) is 0. The first-order valence-electron chi connectivity index (χ1n) is 10.6. The summed E-state index contributed by atoms with van der Waals surface area (Å²) in [5, 5.41) is 7.21. The maximum absolute atomic E-state index is 5.46. The standard InChI is InChI=1S/C20H32N6S/c1-14-8-11-25(12-9-14)17-13-18(26-10-4-3-5-15(26)2)23-19(22-17)24-20(27)21-16-6-7-16/h13-16H,3-12H2,1-2H3,(H2,21,22,23,24,27)/t15-/m0/s1. The SMILES string of the molecule is CC1CCN(c2cc(N3CCCC[C@@H]3C)nc(NC(=S)NC3CC3)n2)CC1. The molecule has 1 aromatic heterocycles. The first-order chi connectivity index (χ1) is 13.1. The zero-order valence-corrected chi connectivity index (χ0v) is 17.4. The van der Waals surface area contributed by atoms with Crippen LogP contribution in [-0.2, 0) is 0 Å². The molecule has 1 saturated carbocycles. The Balaban J connectivity index is 1.57. The second-order valence-corrected chi connectivity index (χ2v) is 8.90. The van der Waals surface area contributed by atoms with E-state index >= 15 is 0 Å². The van der Waals surface area contributed by atoms with Crippen LogP contribution < -0.4 is 20.4 Å². The van der Waals surface area contributed by atoms with Gasteiger partial charge in [-0.15, -0.1) is 0 Å². The summed E-state index contributed by atoms with van der Waals surface area (Å²) in [6.07, 6.45) is 8.62. The summed E-state index contributed by atoms with van der Waals surface area (Å²) >= 11 is 5.46. The molecular formula is C20H32N6S. The van der Waals surface area contributed by atoms with Crippen LogP contribution in [0, 0.1) is 5.92 Å². The molecular weight excluding hydrogens is 356 g/mol. The van der Waals surface area contributed by atoms with E-state index in [1.54, 1.807) is 0 Å². The maximum atomic E-state index is 5.46. The quantitative estimate of drug-likeness (QED) is 0.765. The number of nitrogens with zero attached hydrogens (tertiary/aromatic N) is 4. The van der Waals surface area contributed by atoms with Gasteiger partial charge in [-0.1, -0.05) is 6.92 Å². The molecule has 0 radical (unpaired) electrons. The average Bonchev–Trinajstić information content (AvgIpc) is 3.46. The summed E-state index contributed by atoms with van der Waals surface area (Å²) in [5.74, 6) is 3.48. The van der Waals surface area contributed by atoms with Crippen molar-refractivity contribution in [2.24, 2.45) is 5.92 Å². The highest BCUT2D eigenvalue weighted by Gasteiger charge is 2.25. The molecule has 0 spiro atoms. The van der Waals surface area contributed by atoms with Crippen LogP contribution in [0.15, 0.2) is 6.07 Å². The number of anilines is 3. The van der Waals surface area contributed by atoms with Crippen LogP contribution in [0.5, 0.6) is 0 Å². The van der Waals surface area contributed by atoms with E-state index in [9.17, 15) is 0 Å². The molecule has 1 atom stereocenters. The largest absolute Gasteiger partial charge is 0.360 e. The van der Waals surface area contributed by atoms with Crippen molar-refractivity contribution in [3.05, 3.63) is 6.07 Å². The van der Waals surface area contributed by atoms with Crippen LogP contribution in [0.1, 0.15) is 58.8 Å². The predicted molar refractivity (Wildman–Crippen MR) is 116 cm³/mol. The van der Waals surface area contributed by atoms with Crippen molar-refractivity contribution >= 4 is 34.9 Å². The molecule has 3 aliphatic rings. The molecule has 3 fully saturated rings. The number of hydrogen-bond acceptors (Lipinski definition) is 5. The lowest BCUT2D eigenvalue weighted by Gasteiger charge is -2.36. The minimum absolute atomic E-state index is 0.521. The van der Waals surface area contributed by atoms with E-state index in [1.165, 1.54) is 44.9 Å². The molecule has 0 amide bonds. The third kappa shape index (κ3) is 4.81.